The maximum Gasteiger partial charge on any atom is 0.326 e. The summed E-state index contributed by atoms with van der Waals surface area (Å²) in [5, 5.41) is 12.8. The van der Waals surface area contributed by atoms with Crippen molar-refractivity contribution in [1.82, 2.24) is 9.88 Å². The Morgan fingerprint density at radius 1 is 1.11 bits per heavy atom. The maximum absolute atomic E-state index is 12.3. The van der Waals surface area contributed by atoms with Crippen molar-refractivity contribution in [2.75, 3.05) is 0 Å². The number of nitrogens with one attached hydrogen (secondary N) is 1. The van der Waals surface area contributed by atoms with Crippen molar-refractivity contribution in [3.8, 4) is 5.75 Å². The van der Waals surface area contributed by atoms with Crippen LogP contribution in [0, 0.1) is 5.92 Å². The number of carboxylic acid groups (broad SMARTS) is 1. The molecule has 2 N–H and O–H groups in total. The van der Waals surface area contributed by atoms with E-state index < -0.39 is 12.0 Å². The zero-order valence-corrected chi connectivity index (χ0v) is 16.0. The molecule has 0 aliphatic heterocycles. The zero-order valence-electron chi connectivity index (χ0n) is 16.0. The Hall–Kier alpha value is -3.28. The van der Waals surface area contributed by atoms with Gasteiger partial charge in [-0.05, 0) is 35.7 Å². The largest absolute Gasteiger partial charge is 0.489 e. The average Bonchev–Trinajstić information content (AvgIpc) is 3.07. The maximum atomic E-state index is 12.3. The van der Waals surface area contributed by atoms with E-state index in [1.165, 1.54) is 0 Å². The van der Waals surface area contributed by atoms with Crippen LogP contribution in [0.15, 0.2) is 60.8 Å². The van der Waals surface area contributed by atoms with Crippen LogP contribution in [0.5, 0.6) is 5.75 Å². The number of hydrogen-bond acceptors (Lipinski definition) is 3. The fraction of sp³-hybridized carbons (Fsp3) is 0.273. The van der Waals surface area contributed by atoms with E-state index in [-0.39, 0.29) is 18.4 Å². The third kappa shape index (κ3) is 4.71. The van der Waals surface area contributed by atoms with Crippen LogP contribution in [0.4, 0.5) is 0 Å². The monoisotopic (exact) mass is 380 g/mol. The van der Waals surface area contributed by atoms with Gasteiger partial charge in [0.25, 0.3) is 0 Å². The van der Waals surface area contributed by atoms with E-state index in [1.54, 1.807) is 18.4 Å². The Morgan fingerprint density at radius 2 is 1.86 bits per heavy atom. The molecule has 1 atom stereocenters. The lowest BCUT2D eigenvalue weighted by atomic mass is 10.1. The van der Waals surface area contributed by atoms with Crippen LogP contribution < -0.4 is 10.1 Å². The minimum Gasteiger partial charge on any atom is -0.489 e. The Morgan fingerprint density at radius 3 is 2.54 bits per heavy atom. The predicted octanol–water partition coefficient (Wildman–Crippen LogP) is 3.45. The zero-order chi connectivity index (χ0) is 20.1. The van der Waals surface area contributed by atoms with Crippen molar-refractivity contribution in [1.29, 1.82) is 0 Å². The molecule has 2 aromatic carbocycles. The minimum atomic E-state index is -1.03. The van der Waals surface area contributed by atoms with E-state index in [2.05, 4.69) is 5.32 Å². The highest BCUT2D eigenvalue weighted by atomic mass is 16.5. The van der Waals surface area contributed by atoms with Crippen LogP contribution in [-0.4, -0.2) is 27.6 Å². The summed E-state index contributed by atoms with van der Waals surface area (Å²) >= 11 is 0. The molecular formula is C22H24N2O4. The molecule has 0 saturated heterocycles. The molecule has 0 saturated carbocycles. The van der Waals surface area contributed by atoms with E-state index in [0.717, 1.165) is 22.2 Å². The van der Waals surface area contributed by atoms with Gasteiger partial charge in [0.05, 0.1) is 0 Å². The smallest absolute Gasteiger partial charge is 0.326 e. The molecule has 6 heteroatoms. The summed E-state index contributed by atoms with van der Waals surface area (Å²) < 4.78 is 7.64. The fourth-order valence-electron chi connectivity index (χ4n) is 3.03. The number of ether oxygens (including phenoxy) is 1. The van der Waals surface area contributed by atoms with Gasteiger partial charge in [0, 0.05) is 17.1 Å². The van der Waals surface area contributed by atoms with Crippen molar-refractivity contribution in [3.63, 3.8) is 0 Å². The summed E-state index contributed by atoms with van der Waals surface area (Å²) in [6.07, 6.45) is 1.82. The number of amides is 1. The first-order valence-electron chi connectivity index (χ1n) is 9.22. The lowest BCUT2D eigenvalue weighted by Gasteiger charge is -2.18. The third-order valence-electron chi connectivity index (χ3n) is 4.55. The van der Waals surface area contributed by atoms with Crippen molar-refractivity contribution in [3.05, 3.63) is 66.4 Å². The summed E-state index contributed by atoms with van der Waals surface area (Å²) in [6, 6.07) is 16.7. The van der Waals surface area contributed by atoms with Gasteiger partial charge < -0.3 is 19.7 Å². The molecule has 6 nitrogen and oxygen atoms in total. The minimum absolute atomic E-state index is 0.0597. The SMILES string of the molecule is CC(C)[C@@H](NC(=O)Cn1ccc2cc(OCc3ccccc3)ccc21)C(=O)O. The van der Waals surface area contributed by atoms with Gasteiger partial charge >= 0.3 is 5.97 Å². The predicted molar refractivity (Wildman–Crippen MR) is 107 cm³/mol. The normalized spacial score (nSPS) is 12.1. The highest BCUT2D eigenvalue weighted by Gasteiger charge is 2.23. The van der Waals surface area contributed by atoms with Gasteiger partial charge in [-0.25, -0.2) is 4.79 Å². The standard InChI is InChI=1S/C22H24N2O4/c1-15(2)21(22(26)27)23-20(25)13-24-11-10-17-12-18(8-9-19(17)24)28-14-16-6-4-3-5-7-16/h3-12,15,21H,13-14H2,1-2H3,(H,23,25)(H,26,27)/t21-/m1/s1. The Labute approximate surface area is 163 Å². The number of nitrogens with zero attached hydrogens (tertiary/aromatic N) is 1. The third-order valence-corrected chi connectivity index (χ3v) is 4.55. The second-order valence-corrected chi connectivity index (χ2v) is 7.07. The van der Waals surface area contributed by atoms with Gasteiger partial charge in [-0.3, -0.25) is 4.79 Å². The molecule has 0 aliphatic carbocycles. The number of hydrogen-bond donors (Lipinski definition) is 2. The number of carbonyl (C=O) groups excluding carboxylic acids is 1. The van der Waals surface area contributed by atoms with E-state index in [0.29, 0.717) is 6.61 Å². The first kappa shape index (κ1) is 19.5. The van der Waals surface area contributed by atoms with Crippen LogP contribution in [0.1, 0.15) is 19.4 Å². The van der Waals surface area contributed by atoms with Gasteiger partial charge in [-0.2, -0.15) is 0 Å². The number of carboxylic acids is 1. The van der Waals surface area contributed by atoms with E-state index in [9.17, 15) is 14.7 Å². The summed E-state index contributed by atoms with van der Waals surface area (Å²) in [5.41, 5.74) is 1.98. The van der Waals surface area contributed by atoms with Crippen LogP contribution in [0.25, 0.3) is 10.9 Å². The highest BCUT2D eigenvalue weighted by Crippen LogP contribution is 2.23. The number of carbonyl (C=O) groups is 2. The van der Waals surface area contributed by atoms with Crippen molar-refractivity contribution >= 4 is 22.8 Å². The topological polar surface area (TPSA) is 80.6 Å². The van der Waals surface area contributed by atoms with Gasteiger partial charge in [0.1, 0.15) is 24.9 Å². The quantitative estimate of drug-likeness (QED) is 0.627. The molecule has 0 spiro atoms. The highest BCUT2D eigenvalue weighted by molar-refractivity contribution is 5.86. The number of rotatable bonds is 8. The first-order valence-corrected chi connectivity index (χ1v) is 9.22. The summed E-state index contributed by atoms with van der Waals surface area (Å²) in [4.78, 5) is 23.5. The lowest BCUT2D eigenvalue weighted by molar-refractivity contribution is -0.143. The molecule has 1 aromatic heterocycles. The first-order chi connectivity index (χ1) is 13.4. The molecule has 3 rings (SSSR count). The van der Waals surface area contributed by atoms with Gasteiger partial charge in [-0.1, -0.05) is 44.2 Å². The Balaban J connectivity index is 1.67. The van der Waals surface area contributed by atoms with Crippen LogP contribution in [0.2, 0.25) is 0 Å². The molecule has 0 aliphatic rings. The van der Waals surface area contributed by atoms with Gasteiger partial charge in [0.15, 0.2) is 0 Å². The molecule has 0 fully saturated rings. The van der Waals surface area contributed by atoms with Crippen molar-refractivity contribution < 1.29 is 19.4 Å². The summed E-state index contributed by atoms with van der Waals surface area (Å²) in [6.45, 7) is 4.08. The summed E-state index contributed by atoms with van der Waals surface area (Å²) in [7, 11) is 0. The second-order valence-electron chi connectivity index (χ2n) is 7.07. The van der Waals surface area contributed by atoms with Gasteiger partial charge in [-0.15, -0.1) is 0 Å². The molecule has 28 heavy (non-hydrogen) atoms. The molecule has 146 valence electrons. The van der Waals surface area contributed by atoms with Crippen LogP contribution >= 0.6 is 0 Å². The number of aromatic nitrogens is 1. The van der Waals surface area contributed by atoms with Crippen LogP contribution in [-0.2, 0) is 22.7 Å². The number of fused-ring (bicyclic) bond motifs is 1. The van der Waals surface area contributed by atoms with E-state index >= 15 is 0 Å². The van der Waals surface area contributed by atoms with Crippen LogP contribution in [0.3, 0.4) is 0 Å². The Bertz CT molecular complexity index is 963. The van der Waals surface area contributed by atoms with E-state index in [1.807, 2.05) is 60.8 Å². The molecule has 0 radical (unpaired) electrons. The molecule has 1 amide bonds. The average molecular weight is 380 g/mol. The molecule has 3 aromatic rings. The number of aliphatic carboxylic acids is 1. The Kier molecular flexibility index (Phi) is 5.99. The fourth-order valence-corrected chi connectivity index (χ4v) is 3.03. The number of benzene rings is 2. The van der Waals surface area contributed by atoms with Gasteiger partial charge in [0.2, 0.25) is 5.91 Å². The van der Waals surface area contributed by atoms with Crippen molar-refractivity contribution in [2.24, 2.45) is 5.92 Å². The second kappa shape index (κ2) is 8.61. The molecular weight excluding hydrogens is 356 g/mol. The van der Waals surface area contributed by atoms with E-state index in [4.69, 9.17) is 4.74 Å². The van der Waals surface area contributed by atoms with Crippen molar-refractivity contribution in [2.45, 2.75) is 33.0 Å². The summed E-state index contributed by atoms with van der Waals surface area (Å²) in [5.74, 6) is -0.791. The molecule has 0 bridgehead atoms. The molecule has 1 heterocycles. The molecule has 0 unspecified atom stereocenters. The lowest BCUT2D eigenvalue weighted by Crippen LogP contribution is -2.45.